The molecule has 2 aromatic heterocycles. The normalized spacial score (nSPS) is 10.6. The van der Waals surface area contributed by atoms with E-state index in [-0.39, 0.29) is 22.7 Å². The molecule has 0 aliphatic heterocycles. The van der Waals surface area contributed by atoms with E-state index in [1.807, 2.05) is 0 Å². The zero-order valence-corrected chi connectivity index (χ0v) is 18.6. The van der Waals surface area contributed by atoms with E-state index in [2.05, 4.69) is 16.0 Å². The fraction of sp³-hybridized carbons (Fsp3) is 0.0870. The van der Waals surface area contributed by atoms with Gasteiger partial charge in [-0.25, -0.2) is 4.68 Å². The summed E-state index contributed by atoms with van der Waals surface area (Å²) < 4.78 is 1.07. The summed E-state index contributed by atoms with van der Waals surface area (Å²) in [6.45, 7) is 0. The van der Waals surface area contributed by atoms with E-state index < -0.39 is 11.8 Å². The maximum atomic E-state index is 12.9. The quantitative estimate of drug-likeness (QED) is 0.453. The minimum atomic E-state index is -0.685. The Morgan fingerprint density at radius 3 is 2.30 bits per heavy atom. The summed E-state index contributed by atoms with van der Waals surface area (Å²) in [5, 5.41) is 6.54. The highest BCUT2D eigenvalue weighted by molar-refractivity contribution is 7.12. The zero-order chi connectivity index (χ0) is 23.5. The number of aromatic nitrogens is 2. The fourth-order valence-electron chi connectivity index (χ4n) is 3.34. The average molecular weight is 462 g/mol. The Kier molecular flexibility index (Phi) is 6.01. The Bertz CT molecular complexity index is 1430. The molecule has 33 heavy (non-hydrogen) atoms. The monoisotopic (exact) mass is 461 g/mol. The van der Waals surface area contributed by atoms with Crippen molar-refractivity contribution in [3.05, 3.63) is 92.5 Å². The van der Waals surface area contributed by atoms with Crippen molar-refractivity contribution in [2.24, 2.45) is 7.05 Å². The molecule has 0 saturated heterocycles. The van der Waals surface area contributed by atoms with Crippen LogP contribution in [0.25, 0.3) is 10.8 Å². The van der Waals surface area contributed by atoms with Crippen molar-refractivity contribution < 1.29 is 14.4 Å². The van der Waals surface area contributed by atoms with Gasteiger partial charge in [0, 0.05) is 19.5 Å². The highest BCUT2D eigenvalue weighted by Crippen LogP contribution is 2.22. The van der Waals surface area contributed by atoms with Crippen LogP contribution >= 0.6 is 11.3 Å². The van der Waals surface area contributed by atoms with Crippen LogP contribution in [-0.4, -0.2) is 34.5 Å². The molecule has 0 aliphatic rings. The summed E-state index contributed by atoms with van der Waals surface area (Å²) in [5.41, 5.74) is 4.94. The summed E-state index contributed by atoms with van der Waals surface area (Å²) in [7, 11) is 3.02. The lowest BCUT2D eigenvalue weighted by Crippen LogP contribution is -2.43. The van der Waals surface area contributed by atoms with E-state index in [0.717, 1.165) is 4.68 Å². The summed E-state index contributed by atoms with van der Waals surface area (Å²) >= 11 is 1.30. The van der Waals surface area contributed by atoms with Crippen molar-refractivity contribution in [2.75, 3.05) is 11.9 Å². The molecule has 0 atom stereocenters. The van der Waals surface area contributed by atoms with Gasteiger partial charge in [-0.05, 0) is 29.6 Å². The summed E-state index contributed by atoms with van der Waals surface area (Å²) in [5.74, 6) is -1.55. The van der Waals surface area contributed by atoms with Crippen molar-refractivity contribution in [2.45, 2.75) is 0 Å². The van der Waals surface area contributed by atoms with Crippen LogP contribution in [0, 0.1) is 0 Å². The number of benzene rings is 2. The maximum Gasteiger partial charge on any atom is 0.290 e. The number of amides is 3. The van der Waals surface area contributed by atoms with Crippen LogP contribution in [0.4, 0.5) is 5.69 Å². The number of para-hydroxylation sites is 1. The number of nitrogens with one attached hydrogen (secondary N) is 2. The smallest absolute Gasteiger partial charge is 0.290 e. The number of nitrogens with zero attached hydrogens (tertiary/aromatic N) is 3. The third kappa shape index (κ3) is 4.23. The van der Waals surface area contributed by atoms with E-state index in [1.54, 1.807) is 73.1 Å². The van der Waals surface area contributed by atoms with E-state index in [9.17, 15) is 19.2 Å². The second-order valence-electron chi connectivity index (χ2n) is 7.09. The minimum Gasteiger partial charge on any atom is -0.310 e. The van der Waals surface area contributed by atoms with E-state index in [0.29, 0.717) is 21.3 Å². The molecule has 0 saturated carbocycles. The van der Waals surface area contributed by atoms with Crippen LogP contribution < -0.4 is 21.3 Å². The van der Waals surface area contributed by atoms with E-state index >= 15 is 0 Å². The molecule has 4 aromatic rings. The first kappa shape index (κ1) is 21.9. The first-order valence-corrected chi connectivity index (χ1v) is 10.7. The molecular formula is C23H19N5O4S. The summed E-state index contributed by atoms with van der Waals surface area (Å²) in [4.78, 5) is 52.5. The number of fused-ring (bicyclic) bond motifs is 1. The van der Waals surface area contributed by atoms with Gasteiger partial charge in [0.15, 0.2) is 5.69 Å². The number of thiophene rings is 1. The highest BCUT2D eigenvalue weighted by Gasteiger charge is 2.21. The van der Waals surface area contributed by atoms with Gasteiger partial charge in [-0.3, -0.25) is 30.0 Å². The number of hydrogen-bond donors (Lipinski definition) is 2. The molecule has 2 aromatic carbocycles. The third-order valence-corrected chi connectivity index (χ3v) is 5.87. The SMILES string of the molecule is CN(C(=O)c1cccs1)c1ccccc1C(=O)NNC(=O)c1nn(C)c(=O)c2ccccc12. The molecule has 0 unspecified atom stereocenters. The standard InChI is InChI=1S/C23H19N5O4S/c1-27(23(32)18-12-7-13-33-18)17-11-6-5-10-16(17)20(29)24-25-21(30)19-14-8-3-4-9-15(14)22(31)28(2)26-19/h3-13H,1-2H3,(H,24,29)(H,25,30). The molecule has 9 nitrogen and oxygen atoms in total. The first-order valence-electron chi connectivity index (χ1n) is 9.86. The molecule has 0 radical (unpaired) electrons. The van der Waals surface area contributed by atoms with Gasteiger partial charge in [0.2, 0.25) is 0 Å². The Hall–Kier alpha value is -4.31. The van der Waals surface area contributed by atoms with Crippen LogP contribution in [0.5, 0.6) is 0 Å². The molecule has 0 bridgehead atoms. The second-order valence-corrected chi connectivity index (χ2v) is 8.04. The van der Waals surface area contributed by atoms with E-state index in [1.165, 1.54) is 23.3 Å². The van der Waals surface area contributed by atoms with Crippen molar-refractivity contribution in [3.63, 3.8) is 0 Å². The molecular weight excluding hydrogens is 442 g/mol. The lowest BCUT2D eigenvalue weighted by atomic mass is 10.1. The number of anilines is 1. The molecule has 2 N–H and O–H groups in total. The van der Waals surface area contributed by atoms with Crippen LogP contribution in [0.1, 0.15) is 30.5 Å². The second kappa shape index (κ2) is 9.05. The van der Waals surface area contributed by atoms with Gasteiger partial charge in [0.05, 0.1) is 21.5 Å². The maximum absolute atomic E-state index is 12.9. The molecule has 0 fully saturated rings. The van der Waals surface area contributed by atoms with Crippen LogP contribution in [0.3, 0.4) is 0 Å². The molecule has 4 rings (SSSR count). The first-order chi connectivity index (χ1) is 15.9. The zero-order valence-electron chi connectivity index (χ0n) is 17.7. The number of carbonyl (C=O) groups is 3. The van der Waals surface area contributed by atoms with Gasteiger partial charge in [-0.2, -0.15) is 5.10 Å². The van der Waals surface area contributed by atoms with Crippen LogP contribution in [0.2, 0.25) is 0 Å². The number of rotatable bonds is 4. The fourth-order valence-corrected chi connectivity index (χ4v) is 4.04. The summed E-state index contributed by atoms with van der Waals surface area (Å²) in [6.07, 6.45) is 0. The molecule has 10 heteroatoms. The van der Waals surface area contributed by atoms with Gasteiger partial charge >= 0.3 is 0 Å². The number of carbonyl (C=O) groups excluding carboxylic acids is 3. The largest absolute Gasteiger partial charge is 0.310 e. The Morgan fingerprint density at radius 2 is 1.58 bits per heavy atom. The Balaban J connectivity index is 1.56. The van der Waals surface area contributed by atoms with E-state index in [4.69, 9.17) is 0 Å². The molecule has 0 spiro atoms. The Morgan fingerprint density at radius 1 is 0.909 bits per heavy atom. The van der Waals surface area contributed by atoms with Crippen molar-refractivity contribution in [1.29, 1.82) is 0 Å². The molecule has 0 aliphatic carbocycles. The van der Waals surface area contributed by atoms with Crippen molar-refractivity contribution >= 4 is 45.5 Å². The van der Waals surface area contributed by atoms with Crippen LogP contribution in [-0.2, 0) is 7.05 Å². The Labute approximate surface area is 192 Å². The third-order valence-electron chi connectivity index (χ3n) is 5.01. The number of hydrazine groups is 1. The number of aryl methyl sites for hydroxylation is 1. The van der Waals surface area contributed by atoms with Gasteiger partial charge in [0.1, 0.15) is 0 Å². The van der Waals surface area contributed by atoms with Gasteiger partial charge < -0.3 is 4.90 Å². The van der Waals surface area contributed by atoms with Gasteiger partial charge in [0.25, 0.3) is 23.3 Å². The lowest BCUT2D eigenvalue weighted by molar-refractivity contribution is 0.0843. The van der Waals surface area contributed by atoms with Crippen molar-refractivity contribution in [3.8, 4) is 0 Å². The molecule has 2 heterocycles. The summed E-state index contributed by atoms with van der Waals surface area (Å²) in [6, 6.07) is 16.6. The minimum absolute atomic E-state index is 0.00808. The topological polar surface area (TPSA) is 113 Å². The van der Waals surface area contributed by atoms with Crippen molar-refractivity contribution in [1.82, 2.24) is 20.6 Å². The van der Waals surface area contributed by atoms with Gasteiger partial charge in [-0.1, -0.05) is 36.4 Å². The average Bonchev–Trinajstić information content (AvgIpc) is 3.38. The number of hydrogen-bond acceptors (Lipinski definition) is 6. The predicted octanol–water partition coefficient (Wildman–Crippen LogP) is 2.35. The molecule has 166 valence electrons. The predicted molar refractivity (Wildman–Crippen MR) is 125 cm³/mol. The van der Waals surface area contributed by atoms with Gasteiger partial charge in [-0.15, -0.1) is 11.3 Å². The lowest BCUT2D eigenvalue weighted by Gasteiger charge is -2.20. The highest BCUT2D eigenvalue weighted by atomic mass is 32.1. The van der Waals surface area contributed by atoms with Crippen LogP contribution in [0.15, 0.2) is 70.8 Å². The molecule has 3 amide bonds.